The molecule has 4 rings (SSSR count). The van der Waals surface area contributed by atoms with E-state index in [0.29, 0.717) is 36.6 Å². The van der Waals surface area contributed by atoms with Crippen molar-refractivity contribution in [3.05, 3.63) is 101 Å². The molecule has 2 N–H and O–H groups in total. The molecule has 0 spiro atoms. The maximum absolute atomic E-state index is 13.3. The third-order valence-corrected chi connectivity index (χ3v) is 6.55. The molecule has 39 heavy (non-hydrogen) atoms. The van der Waals surface area contributed by atoms with Crippen LogP contribution in [0.5, 0.6) is 11.5 Å². The number of aliphatic hydroxyl groups is 1. The fourth-order valence-corrected chi connectivity index (χ4v) is 4.60. The third-order valence-electron chi connectivity index (χ3n) is 6.55. The Labute approximate surface area is 224 Å². The molecule has 1 aliphatic rings. The van der Waals surface area contributed by atoms with Gasteiger partial charge in [0, 0.05) is 18.7 Å². The topological polar surface area (TPSA) is 80.2 Å². The van der Waals surface area contributed by atoms with Gasteiger partial charge in [-0.3, -0.25) is 9.79 Å². The van der Waals surface area contributed by atoms with Crippen LogP contribution in [0.15, 0.2) is 89.1 Å². The maximum Gasteiger partial charge on any atom is 0.416 e. The molecule has 1 aliphatic carbocycles. The number of hydrogen-bond acceptors (Lipinski definition) is 5. The molecule has 1 atom stereocenters. The SMILES string of the molecule is COc1ccc(CCN=C2C[C@H](c3ccccc3)CC(O)=C2C(=O)Nc2cccc(C(F)(F)F)c2)cc1OC. The second-order valence-corrected chi connectivity index (χ2v) is 9.14. The van der Waals surface area contributed by atoms with Crippen LogP contribution in [0.3, 0.4) is 0 Å². The first kappa shape index (κ1) is 27.8. The first-order valence-corrected chi connectivity index (χ1v) is 12.4. The van der Waals surface area contributed by atoms with Gasteiger partial charge in [0.2, 0.25) is 0 Å². The minimum Gasteiger partial charge on any atom is -0.511 e. The summed E-state index contributed by atoms with van der Waals surface area (Å²) >= 11 is 0. The van der Waals surface area contributed by atoms with E-state index in [1.54, 1.807) is 20.3 Å². The predicted molar refractivity (Wildman–Crippen MR) is 144 cm³/mol. The van der Waals surface area contributed by atoms with Crippen molar-refractivity contribution in [1.29, 1.82) is 0 Å². The van der Waals surface area contributed by atoms with Gasteiger partial charge >= 0.3 is 6.18 Å². The van der Waals surface area contributed by atoms with Crippen molar-refractivity contribution in [1.82, 2.24) is 0 Å². The van der Waals surface area contributed by atoms with Crippen LogP contribution in [-0.2, 0) is 17.4 Å². The van der Waals surface area contributed by atoms with Gasteiger partial charge in [-0.2, -0.15) is 13.2 Å². The lowest BCUT2D eigenvalue weighted by atomic mass is 9.82. The number of carbonyl (C=O) groups is 1. The number of hydrogen-bond donors (Lipinski definition) is 2. The van der Waals surface area contributed by atoms with Crippen LogP contribution < -0.4 is 14.8 Å². The number of methoxy groups -OCH3 is 2. The number of allylic oxidation sites excluding steroid dienone is 1. The van der Waals surface area contributed by atoms with Crippen LogP contribution in [0.1, 0.15) is 35.4 Å². The third kappa shape index (κ3) is 6.79. The fraction of sp³-hybridized carbons (Fsp3) is 0.267. The number of aliphatic imine (C=N–C) groups is 1. The monoisotopic (exact) mass is 538 g/mol. The number of halogens is 3. The zero-order chi connectivity index (χ0) is 28.0. The minimum absolute atomic E-state index is 0.00750. The number of rotatable bonds is 8. The summed E-state index contributed by atoms with van der Waals surface area (Å²) in [6.45, 7) is 0.319. The van der Waals surface area contributed by atoms with Gasteiger partial charge in [-0.15, -0.1) is 0 Å². The Hall–Kier alpha value is -4.27. The molecule has 0 heterocycles. The molecule has 204 valence electrons. The normalized spacial score (nSPS) is 16.7. The lowest BCUT2D eigenvalue weighted by Gasteiger charge is -2.26. The van der Waals surface area contributed by atoms with Crippen LogP contribution in [-0.4, -0.2) is 37.5 Å². The molecule has 0 saturated carbocycles. The van der Waals surface area contributed by atoms with E-state index in [1.165, 1.54) is 12.1 Å². The molecule has 0 aliphatic heterocycles. The summed E-state index contributed by atoms with van der Waals surface area (Å²) in [5.41, 5.74) is 1.43. The highest BCUT2D eigenvalue weighted by Crippen LogP contribution is 2.35. The van der Waals surface area contributed by atoms with Crippen molar-refractivity contribution in [3.8, 4) is 11.5 Å². The van der Waals surface area contributed by atoms with E-state index in [2.05, 4.69) is 10.3 Å². The van der Waals surface area contributed by atoms with Crippen molar-refractivity contribution in [2.24, 2.45) is 4.99 Å². The number of amides is 1. The Kier molecular flexibility index (Phi) is 8.59. The van der Waals surface area contributed by atoms with E-state index in [0.717, 1.165) is 23.3 Å². The van der Waals surface area contributed by atoms with Crippen molar-refractivity contribution in [2.75, 3.05) is 26.1 Å². The van der Waals surface area contributed by atoms with Gasteiger partial charge in [-0.1, -0.05) is 42.5 Å². The first-order chi connectivity index (χ1) is 18.7. The van der Waals surface area contributed by atoms with Gasteiger partial charge in [0.05, 0.1) is 31.1 Å². The summed E-state index contributed by atoms with van der Waals surface area (Å²) in [5.74, 6) is 0.235. The highest BCUT2D eigenvalue weighted by Gasteiger charge is 2.33. The van der Waals surface area contributed by atoms with E-state index < -0.39 is 17.6 Å². The quantitative estimate of drug-likeness (QED) is 0.333. The molecular formula is C30H29F3N2O4. The second kappa shape index (κ2) is 12.1. The average Bonchev–Trinajstić information content (AvgIpc) is 2.92. The molecule has 0 radical (unpaired) electrons. The van der Waals surface area contributed by atoms with Gasteiger partial charge in [-0.05, 0) is 60.2 Å². The molecule has 3 aromatic rings. The lowest BCUT2D eigenvalue weighted by molar-refractivity contribution is -0.137. The Morgan fingerprint density at radius 1 is 0.974 bits per heavy atom. The zero-order valence-electron chi connectivity index (χ0n) is 21.6. The summed E-state index contributed by atoms with van der Waals surface area (Å²) in [5, 5.41) is 13.5. The molecule has 1 amide bonds. The highest BCUT2D eigenvalue weighted by atomic mass is 19.4. The molecule has 0 bridgehead atoms. The van der Waals surface area contributed by atoms with Crippen LogP contribution >= 0.6 is 0 Å². The van der Waals surface area contributed by atoms with Crippen LogP contribution in [0.25, 0.3) is 0 Å². The van der Waals surface area contributed by atoms with Crippen LogP contribution in [0.2, 0.25) is 0 Å². The second-order valence-electron chi connectivity index (χ2n) is 9.14. The van der Waals surface area contributed by atoms with Gasteiger partial charge < -0.3 is 19.9 Å². The number of alkyl halides is 3. The Morgan fingerprint density at radius 3 is 2.41 bits per heavy atom. The Bertz CT molecular complexity index is 1380. The minimum atomic E-state index is -4.55. The zero-order valence-corrected chi connectivity index (χ0v) is 21.6. The molecule has 3 aromatic carbocycles. The summed E-state index contributed by atoms with van der Waals surface area (Å²) in [7, 11) is 3.11. The van der Waals surface area contributed by atoms with Gasteiger partial charge in [0.1, 0.15) is 5.76 Å². The van der Waals surface area contributed by atoms with Crippen molar-refractivity contribution in [2.45, 2.75) is 31.4 Å². The fourth-order valence-electron chi connectivity index (χ4n) is 4.60. The van der Waals surface area contributed by atoms with Crippen molar-refractivity contribution >= 4 is 17.3 Å². The average molecular weight is 539 g/mol. The summed E-state index contributed by atoms with van der Waals surface area (Å²) in [6, 6.07) is 19.5. The summed E-state index contributed by atoms with van der Waals surface area (Å²) in [4.78, 5) is 17.9. The summed E-state index contributed by atoms with van der Waals surface area (Å²) < 4.78 is 50.1. The number of aliphatic hydroxyl groups excluding tert-OH is 1. The van der Waals surface area contributed by atoms with E-state index in [9.17, 15) is 23.1 Å². The van der Waals surface area contributed by atoms with E-state index in [1.807, 2.05) is 42.5 Å². The van der Waals surface area contributed by atoms with Gasteiger partial charge in [0.25, 0.3) is 5.91 Å². The molecule has 0 unspecified atom stereocenters. The molecule has 0 aromatic heterocycles. The molecular weight excluding hydrogens is 509 g/mol. The smallest absolute Gasteiger partial charge is 0.416 e. The number of carbonyl (C=O) groups excluding carboxylic acids is 1. The number of nitrogens with one attached hydrogen (secondary N) is 1. The number of nitrogens with zero attached hydrogens (tertiary/aromatic N) is 1. The van der Waals surface area contributed by atoms with Gasteiger partial charge in [-0.25, -0.2) is 0 Å². The molecule has 6 nitrogen and oxygen atoms in total. The van der Waals surface area contributed by atoms with Gasteiger partial charge in [0.15, 0.2) is 11.5 Å². The highest BCUT2D eigenvalue weighted by molar-refractivity contribution is 6.26. The number of ether oxygens (including phenoxy) is 2. The number of benzene rings is 3. The van der Waals surface area contributed by atoms with Crippen molar-refractivity contribution < 1.29 is 32.5 Å². The Balaban J connectivity index is 1.60. The molecule has 0 fully saturated rings. The van der Waals surface area contributed by atoms with Crippen LogP contribution in [0.4, 0.5) is 18.9 Å². The first-order valence-electron chi connectivity index (χ1n) is 12.4. The Morgan fingerprint density at radius 2 is 1.72 bits per heavy atom. The molecule has 9 heteroatoms. The predicted octanol–water partition coefficient (Wildman–Crippen LogP) is 6.73. The maximum atomic E-state index is 13.3. The van der Waals surface area contributed by atoms with E-state index >= 15 is 0 Å². The summed E-state index contributed by atoms with van der Waals surface area (Å²) in [6.07, 6.45) is -3.41. The van der Waals surface area contributed by atoms with Crippen molar-refractivity contribution in [3.63, 3.8) is 0 Å². The standard InChI is InChI=1S/C30H29F3N2O4/c1-38-26-12-11-19(15-27(26)39-2)13-14-34-24-16-21(20-7-4-3-5-8-20)17-25(36)28(24)29(37)35-23-10-6-9-22(18-23)30(31,32)33/h3-12,15,18,21,36H,13-14,16-17H2,1-2H3,(H,35,37)/t21-/m0/s1. The largest absolute Gasteiger partial charge is 0.511 e. The molecule has 0 saturated heterocycles. The van der Waals surface area contributed by atoms with E-state index in [-0.39, 0.29) is 29.4 Å². The van der Waals surface area contributed by atoms with Crippen LogP contribution in [0, 0.1) is 0 Å². The lowest BCUT2D eigenvalue weighted by Crippen LogP contribution is -2.28. The number of anilines is 1. The van der Waals surface area contributed by atoms with E-state index in [4.69, 9.17) is 9.47 Å².